The van der Waals surface area contributed by atoms with E-state index in [1.165, 1.54) is 11.8 Å². The van der Waals surface area contributed by atoms with Gasteiger partial charge in [0.05, 0.1) is 5.25 Å². The van der Waals surface area contributed by atoms with Crippen LogP contribution in [-0.2, 0) is 4.79 Å². The van der Waals surface area contributed by atoms with Crippen LogP contribution in [0.3, 0.4) is 0 Å². The van der Waals surface area contributed by atoms with Crippen molar-refractivity contribution in [1.82, 2.24) is 24.5 Å². The molecular formula is C12H15N5OS. The van der Waals surface area contributed by atoms with Gasteiger partial charge in [0.1, 0.15) is 0 Å². The fourth-order valence-corrected chi connectivity index (χ4v) is 3.25. The lowest BCUT2D eigenvalue weighted by Gasteiger charge is -2.07. The van der Waals surface area contributed by atoms with E-state index >= 15 is 0 Å². The molecule has 1 fully saturated rings. The van der Waals surface area contributed by atoms with Crippen molar-refractivity contribution in [3.8, 4) is 0 Å². The molecule has 0 saturated carbocycles. The third-order valence-corrected chi connectivity index (χ3v) is 4.33. The standard InChI is InChI=1S/C12H15N5OS/c1-7-6-8(2)17-11(13-7)14-12(15-17)19-9-4-5-16(3)10(9)18/h6,9H,4-5H2,1-3H3. The molecular weight excluding hydrogens is 262 g/mol. The number of rotatable bonds is 2. The van der Waals surface area contributed by atoms with E-state index in [9.17, 15) is 4.79 Å². The predicted molar refractivity (Wildman–Crippen MR) is 72.2 cm³/mol. The second kappa shape index (κ2) is 4.48. The molecule has 2 aromatic heterocycles. The molecule has 1 aliphatic rings. The monoisotopic (exact) mass is 277 g/mol. The third kappa shape index (κ3) is 2.18. The molecule has 2 aromatic rings. The van der Waals surface area contributed by atoms with Gasteiger partial charge >= 0.3 is 0 Å². The summed E-state index contributed by atoms with van der Waals surface area (Å²) in [5, 5.41) is 4.97. The van der Waals surface area contributed by atoms with E-state index in [1.807, 2.05) is 27.0 Å². The summed E-state index contributed by atoms with van der Waals surface area (Å²) in [4.78, 5) is 22.4. The van der Waals surface area contributed by atoms with Gasteiger partial charge in [-0.05, 0) is 26.3 Å². The highest BCUT2D eigenvalue weighted by molar-refractivity contribution is 8.00. The quantitative estimate of drug-likeness (QED) is 0.821. The zero-order chi connectivity index (χ0) is 13.6. The molecule has 1 amide bonds. The topological polar surface area (TPSA) is 63.4 Å². The summed E-state index contributed by atoms with van der Waals surface area (Å²) in [6, 6.07) is 1.96. The third-order valence-electron chi connectivity index (χ3n) is 3.22. The minimum atomic E-state index is -0.0659. The van der Waals surface area contributed by atoms with Crippen LogP contribution in [0.15, 0.2) is 11.2 Å². The first-order valence-electron chi connectivity index (χ1n) is 6.17. The number of aryl methyl sites for hydroxylation is 2. The van der Waals surface area contributed by atoms with Gasteiger partial charge in [-0.1, -0.05) is 11.8 Å². The number of carbonyl (C=O) groups is 1. The van der Waals surface area contributed by atoms with Gasteiger partial charge in [0.15, 0.2) is 0 Å². The Morgan fingerprint density at radius 2 is 2.16 bits per heavy atom. The number of hydrogen-bond donors (Lipinski definition) is 0. The molecule has 7 heteroatoms. The van der Waals surface area contributed by atoms with E-state index in [1.54, 1.807) is 9.42 Å². The van der Waals surface area contributed by atoms with Crippen molar-refractivity contribution in [2.75, 3.05) is 13.6 Å². The first kappa shape index (κ1) is 12.4. The Morgan fingerprint density at radius 1 is 1.37 bits per heavy atom. The molecule has 0 N–H and O–H groups in total. The highest BCUT2D eigenvalue weighted by Gasteiger charge is 2.31. The van der Waals surface area contributed by atoms with Gasteiger partial charge in [-0.15, -0.1) is 5.10 Å². The van der Waals surface area contributed by atoms with Crippen LogP contribution in [0.25, 0.3) is 5.78 Å². The maximum Gasteiger partial charge on any atom is 0.253 e. The number of fused-ring (bicyclic) bond motifs is 1. The fraction of sp³-hybridized carbons (Fsp3) is 0.500. The zero-order valence-corrected chi connectivity index (χ0v) is 11.9. The molecule has 1 unspecified atom stereocenters. The number of likely N-dealkylation sites (tertiary alicyclic amines) is 1. The average molecular weight is 277 g/mol. The fourth-order valence-electron chi connectivity index (χ4n) is 2.22. The molecule has 1 aliphatic heterocycles. The van der Waals surface area contributed by atoms with Crippen LogP contribution in [0.5, 0.6) is 0 Å². The van der Waals surface area contributed by atoms with E-state index in [4.69, 9.17) is 0 Å². The SMILES string of the molecule is Cc1cc(C)n2nc(SC3CCN(C)C3=O)nc2n1. The van der Waals surface area contributed by atoms with Gasteiger partial charge in [-0.2, -0.15) is 4.98 Å². The van der Waals surface area contributed by atoms with Crippen LogP contribution in [0.2, 0.25) is 0 Å². The molecule has 0 spiro atoms. The number of thioether (sulfide) groups is 1. The largest absolute Gasteiger partial charge is 0.345 e. The molecule has 0 bridgehead atoms. The second-order valence-electron chi connectivity index (χ2n) is 4.80. The van der Waals surface area contributed by atoms with E-state index in [-0.39, 0.29) is 11.2 Å². The summed E-state index contributed by atoms with van der Waals surface area (Å²) in [6.45, 7) is 4.71. The molecule has 0 aliphatic carbocycles. The number of carbonyl (C=O) groups excluding carboxylic acids is 1. The van der Waals surface area contributed by atoms with Crippen molar-refractivity contribution < 1.29 is 4.79 Å². The van der Waals surface area contributed by atoms with Crippen LogP contribution in [-0.4, -0.2) is 49.2 Å². The van der Waals surface area contributed by atoms with Crippen LogP contribution in [0, 0.1) is 13.8 Å². The lowest BCUT2D eigenvalue weighted by molar-refractivity contribution is -0.126. The Kier molecular flexibility index (Phi) is 2.93. The maximum atomic E-state index is 11.9. The number of aromatic nitrogens is 4. The van der Waals surface area contributed by atoms with Crippen LogP contribution < -0.4 is 0 Å². The van der Waals surface area contributed by atoms with E-state index in [0.29, 0.717) is 10.9 Å². The van der Waals surface area contributed by atoms with Gasteiger partial charge in [-0.25, -0.2) is 9.50 Å². The lowest BCUT2D eigenvalue weighted by atomic mass is 10.4. The van der Waals surface area contributed by atoms with Crippen molar-refractivity contribution in [3.63, 3.8) is 0 Å². The van der Waals surface area contributed by atoms with E-state index in [0.717, 1.165) is 24.4 Å². The van der Waals surface area contributed by atoms with E-state index < -0.39 is 0 Å². The molecule has 100 valence electrons. The summed E-state index contributed by atoms with van der Waals surface area (Å²) in [5.41, 5.74) is 1.92. The van der Waals surface area contributed by atoms with Crippen LogP contribution in [0.4, 0.5) is 0 Å². The van der Waals surface area contributed by atoms with Gasteiger partial charge in [0.25, 0.3) is 5.78 Å². The molecule has 19 heavy (non-hydrogen) atoms. The summed E-state index contributed by atoms with van der Waals surface area (Å²) in [5.74, 6) is 0.753. The minimum absolute atomic E-state index is 0.0659. The van der Waals surface area contributed by atoms with Crippen LogP contribution in [0.1, 0.15) is 17.8 Å². The summed E-state index contributed by atoms with van der Waals surface area (Å²) in [6.07, 6.45) is 0.848. The number of nitrogens with zero attached hydrogens (tertiary/aromatic N) is 5. The van der Waals surface area contributed by atoms with Gasteiger partial charge in [-0.3, -0.25) is 4.79 Å². The molecule has 1 saturated heterocycles. The second-order valence-corrected chi connectivity index (χ2v) is 5.97. The smallest absolute Gasteiger partial charge is 0.253 e. The van der Waals surface area contributed by atoms with Crippen molar-refractivity contribution >= 4 is 23.4 Å². The Hall–Kier alpha value is -1.63. The molecule has 1 atom stereocenters. The minimum Gasteiger partial charge on any atom is -0.345 e. The van der Waals surface area contributed by atoms with Crippen molar-refractivity contribution in [1.29, 1.82) is 0 Å². The van der Waals surface area contributed by atoms with Crippen LogP contribution >= 0.6 is 11.8 Å². The predicted octanol–water partition coefficient (Wildman–Crippen LogP) is 1.06. The molecule has 6 nitrogen and oxygen atoms in total. The molecule has 3 rings (SSSR count). The number of hydrogen-bond acceptors (Lipinski definition) is 5. The molecule has 0 aromatic carbocycles. The van der Waals surface area contributed by atoms with Gasteiger partial charge in [0.2, 0.25) is 11.1 Å². The molecule has 3 heterocycles. The highest BCUT2D eigenvalue weighted by atomic mass is 32.2. The van der Waals surface area contributed by atoms with E-state index in [2.05, 4.69) is 15.1 Å². The van der Waals surface area contributed by atoms with Crippen molar-refractivity contribution in [2.24, 2.45) is 0 Å². The Morgan fingerprint density at radius 3 is 2.84 bits per heavy atom. The first-order chi connectivity index (χ1) is 9.04. The zero-order valence-electron chi connectivity index (χ0n) is 11.1. The summed E-state index contributed by atoms with van der Waals surface area (Å²) < 4.78 is 1.72. The van der Waals surface area contributed by atoms with Gasteiger partial charge < -0.3 is 4.90 Å². The number of amides is 1. The van der Waals surface area contributed by atoms with Crippen molar-refractivity contribution in [2.45, 2.75) is 30.7 Å². The van der Waals surface area contributed by atoms with Gasteiger partial charge in [0, 0.05) is 25.0 Å². The van der Waals surface area contributed by atoms with Crippen molar-refractivity contribution in [3.05, 3.63) is 17.5 Å². The Balaban J connectivity index is 1.90. The molecule has 0 radical (unpaired) electrons. The highest BCUT2D eigenvalue weighted by Crippen LogP contribution is 2.28. The lowest BCUT2D eigenvalue weighted by Crippen LogP contribution is -2.23. The Bertz CT molecular complexity index is 653. The Labute approximate surface area is 115 Å². The first-order valence-corrected chi connectivity index (χ1v) is 7.05. The normalized spacial score (nSPS) is 19.6. The summed E-state index contributed by atoms with van der Waals surface area (Å²) in [7, 11) is 1.83. The maximum absolute atomic E-state index is 11.9. The summed E-state index contributed by atoms with van der Waals surface area (Å²) >= 11 is 1.43. The average Bonchev–Trinajstić information content (AvgIpc) is 2.88.